The molecule has 1 spiro atoms. The Balaban J connectivity index is 1.34. The molecule has 0 bridgehead atoms. The standard InChI is InChI=1S/C25H22F3N3O2/c1-13-3-2-4-19-21(13)22(32)16(12-29-19)23(33)30-18-7-6-15(11-17(18)25(26,27)28)31-20-8-5-14-9-10-24(14,20)31/h2-4,6-7,11-12,14,20H,5,8-10H2,1H3,(H,29,32)(H,30,33). The van der Waals surface area contributed by atoms with Gasteiger partial charge in [-0.2, -0.15) is 13.2 Å². The summed E-state index contributed by atoms with van der Waals surface area (Å²) in [7, 11) is 0. The van der Waals surface area contributed by atoms with Crippen LogP contribution in [-0.4, -0.2) is 22.5 Å². The summed E-state index contributed by atoms with van der Waals surface area (Å²) in [5.74, 6) is -0.291. The number of aromatic amines is 1. The molecule has 3 unspecified atom stereocenters. The Labute approximate surface area is 187 Å². The number of halogens is 3. The fourth-order valence-electron chi connectivity index (χ4n) is 6.19. The normalized spacial score (nSPS) is 25.4. The monoisotopic (exact) mass is 453 g/mol. The van der Waals surface area contributed by atoms with Gasteiger partial charge < -0.3 is 15.2 Å². The number of aromatic nitrogens is 1. The van der Waals surface area contributed by atoms with E-state index < -0.39 is 23.1 Å². The Bertz CT molecular complexity index is 1380. The summed E-state index contributed by atoms with van der Waals surface area (Å²) in [6.07, 6.45) is 0.954. The van der Waals surface area contributed by atoms with Gasteiger partial charge in [-0.15, -0.1) is 0 Å². The largest absolute Gasteiger partial charge is 0.418 e. The number of benzene rings is 2. The number of anilines is 2. The van der Waals surface area contributed by atoms with Gasteiger partial charge in [-0.1, -0.05) is 12.1 Å². The molecule has 8 heteroatoms. The maximum Gasteiger partial charge on any atom is 0.418 e. The number of carbonyl (C=O) groups excluding carboxylic acids is 1. The summed E-state index contributed by atoms with van der Waals surface area (Å²) in [6.45, 7) is 1.74. The van der Waals surface area contributed by atoms with Crippen LogP contribution in [-0.2, 0) is 6.18 Å². The SMILES string of the molecule is Cc1cccc2[nH]cc(C(=O)Nc3ccc(N4C5CCC6CCC654)cc3C(F)(F)F)c(=O)c12. The molecule has 3 aromatic rings. The van der Waals surface area contributed by atoms with E-state index in [0.29, 0.717) is 34.1 Å². The van der Waals surface area contributed by atoms with Crippen LogP contribution in [0.5, 0.6) is 0 Å². The molecule has 1 amide bonds. The van der Waals surface area contributed by atoms with Gasteiger partial charge in [0.05, 0.1) is 22.8 Å². The van der Waals surface area contributed by atoms with Crippen LogP contribution in [0.1, 0.15) is 47.2 Å². The molecule has 2 saturated carbocycles. The van der Waals surface area contributed by atoms with Gasteiger partial charge in [0.2, 0.25) is 5.43 Å². The fraction of sp³-hybridized carbons (Fsp3) is 0.360. The van der Waals surface area contributed by atoms with E-state index >= 15 is 0 Å². The van der Waals surface area contributed by atoms with Crippen LogP contribution in [0.15, 0.2) is 47.4 Å². The van der Waals surface area contributed by atoms with E-state index in [4.69, 9.17) is 0 Å². The Hall–Kier alpha value is -3.29. The average Bonchev–Trinajstić information content (AvgIpc) is 3.36. The predicted molar refractivity (Wildman–Crippen MR) is 120 cm³/mol. The molecule has 1 aliphatic heterocycles. The van der Waals surface area contributed by atoms with E-state index in [2.05, 4.69) is 15.2 Å². The first-order valence-corrected chi connectivity index (χ1v) is 11.1. The zero-order valence-corrected chi connectivity index (χ0v) is 17.9. The zero-order valence-electron chi connectivity index (χ0n) is 17.9. The number of alkyl halides is 3. The number of nitrogens with one attached hydrogen (secondary N) is 2. The number of piperidine rings is 1. The second-order valence-corrected chi connectivity index (χ2v) is 9.40. The van der Waals surface area contributed by atoms with Gasteiger partial charge >= 0.3 is 6.18 Å². The number of rotatable bonds is 3. The lowest BCUT2D eigenvalue weighted by atomic mass is 9.74. The molecule has 2 aliphatic carbocycles. The van der Waals surface area contributed by atoms with Crippen molar-refractivity contribution in [2.45, 2.75) is 50.4 Å². The summed E-state index contributed by atoms with van der Waals surface area (Å²) in [6, 6.07) is 9.64. The van der Waals surface area contributed by atoms with E-state index in [1.165, 1.54) is 12.3 Å². The Kier molecular flexibility index (Phi) is 4.08. The molecular weight excluding hydrogens is 431 g/mol. The van der Waals surface area contributed by atoms with Crippen molar-refractivity contribution in [2.75, 3.05) is 10.2 Å². The van der Waals surface area contributed by atoms with Gasteiger partial charge in [0.1, 0.15) is 5.56 Å². The van der Waals surface area contributed by atoms with Crippen molar-refractivity contribution < 1.29 is 18.0 Å². The molecule has 1 saturated heterocycles. The minimum absolute atomic E-state index is 0.0594. The number of aryl methyl sites for hydroxylation is 1. The smallest absolute Gasteiger partial charge is 0.360 e. The lowest BCUT2D eigenvalue weighted by Gasteiger charge is -2.36. The predicted octanol–water partition coefficient (Wildman–Crippen LogP) is 5.24. The van der Waals surface area contributed by atoms with Gasteiger partial charge in [-0.3, -0.25) is 9.59 Å². The second-order valence-electron chi connectivity index (χ2n) is 9.40. The van der Waals surface area contributed by atoms with Crippen molar-refractivity contribution >= 4 is 28.2 Å². The fourth-order valence-corrected chi connectivity index (χ4v) is 6.19. The van der Waals surface area contributed by atoms with Crippen LogP contribution in [0, 0.1) is 12.8 Å². The van der Waals surface area contributed by atoms with E-state index in [9.17, 15) is 22.8 Å². The molecule has 3 fully saturated rings. The lowest BCUT2D eigenvalue weighted by Crippen LogP contribution is -2.37. The molecule has 1 aromatic heterocycles. The molecule has 3 atom stereocenters. The number of pyridine rings is 1. The number of fused-ring (bicyclic) bond motifs is 1. The Morgan fingerprint density at radius 1 is 1.18 bits per heavy atom. The summed E-state index contributed by atoms with van der Waals surface area (Å²) in [5, 5.41) is 2.68. The maximum absolute atomic E-state index is 13.9. The van der Waals surface area contributed by atoms with Gasteiger partial charge in [0.25, 0.3) is 5.91 Å². The first-order chi connectivity index (χ1) is 15.7. The van der Waals surface area contributed by atoms with Gasteiger partial charge in [-0.05, 0) is 68.4 Å². The number of nitrogens with zero attached hydrogens (tertiary/aromatic N) is 1. The molecule has 0 radical (unpaired) electrons. The van der Waals surface area contributed by atoms with Gasteiger partial charge in [0.15, 0.2) is 0 Å². The van der Waals surface area contributed by atoms with Crippen LogP contribution in [0.4, 0.5) is 24.5 Å². The number of hydrogen-bond acceptors (Lipinski definition) is 3. The second kappa shape index (κ2) is 6.62. The van der Waals surface area contributed by atoms with Crippen LogP contribution >= 0.6 is 0 Å². The topological polar surface area (TPSA) is 65.0 Å². The third-order valence-electron chi connectivity index (χ3n) is 7.85. The van der Waals surface area contributed by atoms with Gasteiger partial charge in [0, 0.05) is 22.8 Å². The molecule has 3 aliphatic rings. The number of H-pyrrole nitrogens is 1. The quantitative estimate of drug-likeness (QED) is 0.533. The first kappa shape index (κ1) is 20.3. The van der Waals surface area contributed by atoms with E-state index in [-0.39, 0.29) is 16.8 Å². The summed E-state index contributed by atoms with van der Waals surface area (Å²) < 4.78 is 41.8. The number of amides is 1. The Morgan fingerprint density at radius 3 is 2.70 bits per heavy atom. The third kappa shape index (κ3) is 2.79. The molecule has 2 heterocycles. The summed E-state index contributed by atoms with van der Waals surface area (Å²) in [5.41, 5.74) is -0.148. The summed E-state index contributed by atoms with van der Waals surface area (Å²) in [4.78, 5) is 30.8. The average molecular weight is 453 g/mol. The van der Waals surface area contributed by atoms with Gasteiger partial charge in [-0.25, -0.2) is 0 Å². The third-order valence-corrected chi connectivity index (χ3v) is 7.85. The Morgan fingerprint density at radius 2 is 2.00 bits per heavy atom. The molecule has 6 rings (SSSR count). The van der Waals surface area contributed by atoms with E-state index in [1.807, 2.05) is 0 Å². The van der Waals surface area contributed by atoms with Crippen molar-refractivity contribution in [3.8, 4) is 0 Å². The van der Waals surface area contributed by atoms with E-state index in [1.54, 1.807) is 31.2 Å². The summed E-state index contributed by atoms with van der Waals surface area (Å²) >= 11 is 0. The molecule has 33 heavy (non-hydrogen) atoms. The first-order valence-electron chi connectivity index (χ1n) is 11.1. The van der Waals surface area contributed by atoms with Crippen LogP contribution < -0.4 is 15.6 Å². The van der Waals surface area contributed by atoms with Crippen LogP contribution in [0.2, 0.25) is 0 Å². The van der Waals surface area contributed by atoms with E-state index in [0.717, 1.165) is 31.7 Å². The molecule has 170 valence electrons. The molecule has 2 N–H and O–H groups in total. The molecule has 2 aromatic carbocycles. The lowest BCUT2D eigenvalue weighted by molar-refractivity contribution is -0.136. The minimum Gasteiger partial charge on any atom is -0.360 e. The van der Waals surface area contributed by atoms with Crippen LogP contribution in [0.3, 0.4) is 0 Å². The highest BCUT2D eigenvalue weighted by molar-refractivity contribution is 6.06. The highest BCUT2D eigenvalue weighted by Crippen LogP contribution is 2.68. The van der Waals surface area contributed by atoms with Crippen molar-refractivity contribution in [3.05, 3.63) is 69.5 Å². The van der Waals surface area contributed by atoms with Crippen molar-refractivity contribution in [3.63, 3.8) is 0 Å². The van der Waals surface area contributed by atoms with Crippen molar-refractivity contribution in [1.82, 2.24) is 4.98 Å². The van der Waals surface area contributed by atoms with Crippen molar-refractivity contribution in [1.29, 1.82) is 0 Å². The zero-order chi connectivity index (χ0) is 23.1. The molecular formula is C25H22F3N3O2. The highest BCUT2D eigenvalue weighted by Gasteiger charge is 2.73. The molecule has 5 nitrogen and oxygen atoms in total. The minimum atomic E-state index is -4.65. The van der Waals surface area contributed by atoms with Crippen LogP contribution in [0.25, 0.3) is 10.9 Å². The maximum atomic E-state index is 13.9. The van der Waals surface area contributed by atoms with Crippen molar-refractivity contribution in [2.24, 2.45) is 5.92 Å². The number of carbonyl (C=O) groups is 1. The number of hydrogen-bond donors (Lipinski definition) is 2. The highest BCUT2D eigenvalue weighted by atomic mass is 19.4.